The van der Waals surface area contributed by atoms with Crippen molar-refractivity contribution in [2.24, 2.45) is 34.5 Å². The Bertz CT molecular complexity index is 599. The van der Waals surface area contributed by atoms with Crippen molar-refractivity contribution >= 4 is 5.78 Å². The van der Waals surface area contributed by atoms with Gasteiger partial charge in [0.25, 0.3) is 0 Å². The van der Waals surface area contributed by atoms with Crippen molar-refractivity contribution in [3.05, 3.63) is 11.6 Å². The van der Waals surface area contributed by atoms with Crippen molar-refractivity contribution in [1.82, 2.24) is 0 Å². The third-order valence-electron chi connectivity index (χ3n) is 8.56. The van der Waals surface area contributed by atoms with Gasteiger partial charge in [-0.05, 0) is 73.5 Å². The second-order valence-corrected chi connectivity index (χ2v) is 9.58. The van der Waals surface area contributed by atoms with Crippen LogP contribution in [0, 0.1) is 34.5 Å². The number of fused-ring (bicyclic) bond motifs is 5. The molecule has 4 aliphatic rings. The molecule has 8 atom stereocenters. The quantitative estimate of drug-likeness (QED) is 0.670. The lowest BCUT2D eigenvalue weighted by Crippen LogP contribution is -2.57. The van der Waals surface area contributed by atoms with E-state index in [-0.39, 0.29) is 41.2 Å². The first kappa shape index (κ1) is 17.7. The van der Waals surface area contributed by atoms with E-state index in [2.05, 4.69) is 13.8 Å². The maximum Gasteiger partial charge on any atom is 0.161 e. The molecule has 3 saturated carbocycles. The Morgan fingerprint density at radius 3 is 2.68 bits per heavy atom. The molecule has 4 heteroatoms. The minimum absolute atomic E-state index is 0.0119. The number of hydrogen-bond acceptors (Lipinski definition) is 4. The number of ketones is 1. The monoisotopic (exact) mass is 348 g/mol. The summed E-state index contributed by atoms with van der Waals surface area (Å²) in [6.07, 6.45) is 7.67. The minimum atomic E-state index is -0.401. The molecule has 0 saturated heterocycles. The van der Waals surface area contributed by atoms with Crippen LogP contribution in [0.5, 0.6) is 0 Å². The lowest BCUT2D eigenvalue weighted by atomic mass is 9.46. The standard InChI is InChI=1S/C21H32O4/c1-20-8-7-13(23)9-12(20)3-4-14-15-5-6-16(18(25)11-22)21(15,2)10-17(24)19(14)20/h9,13-17,19,22-24H,3-8,10-11H2,1-2H3/t13?,14-,15-,16+,17-,19+,20-,21-/m0/s1. The van der Waals surface area contributed by atoms with Gasteiger partial charge in [-0.2, -0.15) is 0 Å². The smallest absolute Gasteiger partial charge is 0.161 e. The molecule has 1 unspecified atom stereocenters. The van der Waals surface area contributed by atoms with E-state index < -0.39 is 6.10 Å². The van der Waals surface area contributed by atoms with Gasteiger partial charge < -0.3 is 15.3 Å². The van der Waals surface area contributed by atoms with Gasteiger partial charge in [0.1, 0.15) is 6.61 Å². The molecule has 3 N–H and O–H groups in total. The first-order valence-electron chi connectivity index (χ1n) is 10.0. The predicted molar refractivity (Wildman–Crippen MR) is 94.7 cm³/mol. The van der Waals surface area contributed by atoms with E-state index in [1.807, 2.05) is 6.08 Å². The maximum absolute atomic E-state index is 12.3. The summed E-state index contributed by atoms with van der Waals surface area (Å²) in [7, 11) is 0. The Morgan fingerprint density at radius 2 is 1.96 bits per heavy atom. The van der Waals surface area contributed by atoms with E-state index in [0.29, 0.717) is 18.3 Å². The molecule has 3 fully saturated rings. The fourth-order valence-corrected chi connectivity index (χ4v) is 7.48. The zero-order chi connectivity index (χ0) is 18.0. The molecule has 0 aromatic heterocycles. The van der Waals surface area contributed by atoms with Crippen LogP contribution >= 0.6 is 0 Å². The fourth-order valence-electron chi connectivity index (χ4n) is 7.48. The van der Waals surface area contributed by atoms with Crippen LogP contribution in [0.25, 0.3) is 0 Å². The van der Waals surface area contributed by atoms with Crippen LogP contribution in [0.15, 0.2) is 11.6 Å². The molecule has 140 valence electrons. The van der Waals surface area contributed by atoms with Gasteiger partial charge in [-0.3, -0.25) is 4.79 Å². The number of carbonyl (C=O) groups is 1. The average molecular weight is 348 g/mol. The summed E-state index contributed by atoms with van der Waals surface area (Å²) < 4.78 is 0. The zero-order valence-corrected chi connectivity index (χ0v) is 15.4. The number of hydrogen-bond donors (Lipinski definition) is 3. The third-order valence-corrected chi connectivity index (χ3v) is 8.56. The summed E-state index contributed by atoms with van der Waals surface area (Å²) in [6, 6.07) is 0. The van der Waals surface area contributed by atoms with Crippen molar-refractivity contribution in [3.63, 3.8) is 0 Å². The van der Waals surface area contributed by atoms with Crippen LogP contribution in [0.1, 0.15) is 58.8 Å². The Balaban J connectivity index is 1.69. The Hall–Kier alpha value is -0.710. The molecule has 0 heterocycles. The third kappa shape index (κ3) is 2.40. The second kappa shape index (κ2) is 5.90. The van der Waals surface area contributed by atoms with Crippen molar-refractivity contribution in [3.8, 4) is 0 Å². The van der Waals surface area contributed by atoms with Gasteiger partial charge in [-0.25, -0.2) is 0 Å². The van der Waals surface area contributed by atoms with E-state index in [4.69, 9.17) is 0 Å². The van der Waals surface area contributed by atoms with Gasteiger partial charge in [0.15, 0.2) is 5.78 Å². The van der Waals surface area contributed by atoms with Gasteiger partial charge >= 0.3 is 0 Å². The van der Waals surface area contributed by atoms with E-state index in [1.165, 1.54) is 5.57 Å². The summed E-state index contributed by atoms with van der Waals surface area (Å²) >= 11 is 0. The molecule has 0 aromatic rings. The number of rotatable bonds is 2. The van der Waals surface area contributed by atoms with Gasteiger partial charge in [0.2, 0.25) is 0 Å². The van der Waals surface area contributed by atoms with Crippen molar-refractivity contribution < 1.29 is 20.1 Å². The van der Waals surface area contributed by atoms with Crippen LogP contribution in [-0.4, -0.2) is 39.9 Å². The lowest BCUT2D eigenvalue weighted by molar-refractivity contribution is -0.145. The predicted octanol–water partition coefficient (Wildman–Crippen LogP) is 2.46. The topological polar surface area (TPSA) is 77.8 Å². The lowest BCUT2D eigenvalue weighted by Gasteiger charge is -2.60. The summed E-state index contributed by atoms with van der Waals surface area (Å²) in [5.74, 6) is 1.00. The summed E-state index contributed by atoms with van der Waals surface area (Å²) in [5.41, 5.74) is 1.16. The molecule has 0 radical (unpaired) electrons. The first-order chi connectivity index (χ1) is 11.8. The summed E-state index contributed by atoms with van der Waals surface area (Å²) in [6.45, 7) is 4.10. The SMILES string of the molecule is C[C@]12C[C@H](O)[C@H]3[C@@H](CCC4=CC(O)CC[C@@]43C)[C@@H]1CC[C@@H]2C(=O)CO. The minimum Gasteiger partial charge on any atom is -0.393 e. The average Bonchev–Trinajstić information content (AvgIpc) is 2.91. The van der Waals surface area contributed by atoms with Crippen LogP contribution in [0.2, 0.25) is 0 Å². The first-order valence-corrected chi connectivity index (χ1v) is 10.0. The highest BCUT2D eigenvalue weighted by atomic mass is 16.3. The molecule has 0 amide bonds. The van der Waals surface area contributed by atoms with Crippen molar-refractivity contribution in [1.29, 1.82) is 0 Å². The molecule has 4 nitrogen and oxygen atoms in total. The molecular formula is C21H32O4. The highest BCUT2D eigenvalue weighted by Gasteiger charge is 2.62. The fraction of sp³-hybridized carbons (Fsp3) is 0.857. The van der Waals surface area contributed by atoms with Crippen molar-refractivity contribution in [2.45, 2.75) is 71.0 Å². The van der Waals surface area contributed by atoms with E-state index in [0.717, 1.165) is 38.5 Å². The van der Waals surface area contributed by atoms with Crippen LogP contribution < -0.4 is 0 Å². The van der Waals surface area contributed by atoms with Gasteiger partial charge in [-0.1, -0.05) is 25.5 Å². The zero-order valence-electron chi connectivity index (χ0n) is 15.4. The van der Waals surface area contributed by atoms with E-state index in [1.54, 1.807) is 0 Å². The van der Waals surface area contributed by atoms with E-state index in [9.17, 15) is 20.1 Å². The van der Waals surface area contributed by atoms with Crippen LogP contribution in [0.3, 0.4) is 0 Å². The van der Waals surface area contributed by atoms with Crippen LogP contribution in [-0.2, 0) is 4.79 Å². The highest BCUT2D eigenvalue weighted by molar-refractivity contribution is 5.83. The molecule has 0 spiro atoms. The summed E-state index contributed by atoms with van der Waals surface area (Å²) in [5, 5.41) is 30.6. The van der Waals surface area contributed by atoms with E-state index >= 15 is 0 Å². The molecule has 4 aliphatic carbocycles. The summed E-state index contributed by atoms with van der Waals surface area (Å²) in [4.78, 5) is 12.3. The number of aliphatic hydroxyl groups is 3. The normalized spacial score (nSPS) is 52.0. The molecule has 0 bridgehead atoms. The number of allylic oxidation sites excluding steroid dienone is 1. The Kier molecular flexibility index (Phi) is 4.17. The van der Waals surface area contributed by atoms with Crippen molar-refractivity contribution in [2.75, 3.05) is 6.61 Å². The molecule has 0 aliphatic heterocycles. The van der Waals surface area contributed by atoms with Gasteiger partial charge in [0.05, 0.1) is 12.2 Å². The second-order valence-electron chi connectivity index (χ2n) is 9.58. The number of Topliss-reactive ketones (excluding diaryl/α,β-unsaturated/α-hetero) is 1. The Morgan fingerprint density at radius 1 is 1.20 bits per heavy atom. The Labute approximate surface area is 150 Å². The largest absolute Gasteiger partial charge is 0.393 e. The number of carbonyl (C=O) groups excluding carboxylic acids is 1. The number of aliphatic hydroxyl groups excluding tert-OH is 3. The molecule has 0 aromatic carbocycles. The highest BCUT2D eigenvalue weighted by Crippen LogP contribution is 2.66. The van der Waals surface area contributed by atoms with Gasteiger partial charge in [0, 0.05) is 5.92 Å². The molecule has 25 heavy (non-hydrogen) atoms. The molecular weight excluding hydrogens is 316 g/mol. The molecule has 4 rings (SSSR count). The maximum atomic E-state index is 12.3. The van der Waals surface area contributed by atoms with Crippen LogP contribution in [0.4, 0.5) is 0 Å². The van der Waals surface area contributed by atoms with Gasteiger partial charge in [-0.15, -0.1) is 0 Å².